The largest absolute Gasteiger partial charge is 0.398 e. The number of rotatable bonds is 2. The quantitative estimate of drug-likeness (QED) is 0.798. The number of nitrogens with zero attached hydrogens (tertiary/aromatic N) is 1. The van der Waals surface area contributed by atoms with Crippen molar-refractivity contribution in [1.82, 2.24) is 4.90 Å². The van der Waals surface area contributed by atoms with Crippen LogP contribution in [0.25, 0.3) is 0 Å². The van der Waals surface area contributed by atoms with E-state index < -0.39 is 0 Å². The summed E-state index contributed by atoms with van der Waals surface area (Å²) >= 11 is 1.59. The summed E-state index contributed by atoms with van der Waals surface area (Å²) < 4.78 is 0. The molecule has 1 heterocycles. The van der Waals surface area contributed by atoms with Crippen molar-refractivity contribution in [3.8, 4) is 0 Å². The Bertz CT molecular complexity index is 419. The van der Waals surface area contributed by atoms with E-state index in [1.54, 1.807) is 16.7 Å². The lowest BCUT2D eigenvalue weighted by atomic mass is 10.2. The van der Waals surface area contributed by atoms with Gasteiger partial charge in [0.2, 0.25) is 5.91 Å². The fraction of sp³-hybridized carbons (Fsp3) is 0.417. The molecule has 16 heavy (non-hydrogen) atoms. The Morgan fingerprint density at radius 2 is 2.25 bits per heavy atom. The number of hydrogen-bond donors (Lipinski definition) is 1. The van der Waals surface area contributed by atoms with Gasteiger partial charge in [-0.15, -0.1) is 11.8 Å². The number of thioether (sulfide) groups is 1. The summed E-state index contributed by atoms with van der Waals surface area (Å²) in [6.45, 7) is 2.84. The van der Waals surface area contributed by atoms with Crippen LogP contribution in [0.5, 0.6) is 0 Å². The molecule has 2 N–H and O–H groups in total. The smallest absolute Gasteiger partial charge is 0.235 e. The topological polar surface area (TPSA) is 46.3 Å². The number of aryl methyl sites for hydroxylation is 1. The zero-order valence-corrected chi connectivity index (χ0v) is 10.4. The van der Waals surface area contributed by atoms with Gasteiger partial charge in [0.1, 0.15) is 0 Å². The lowest BCUT2D eigenvalue weighted by molar-refractivity contribution is -0.126. The van der Waals surface area contributed by atoms with Crippen LogP contribution in [0.1, 0.15) is 12.0 Å². The fourth-order valence-electron chi connectivity index (χ4n) is 1.81. The molecule has 1 fully saturated rings. The van der Waals surface area contributed by atoms with Gasteiger partial charge in [0.25, 0.3) is 0 Å². The zero-order chi connectivity index (χ0) is 11.7. The first-order valence-corrected chi connectivity index (χ1v) is 6.24. The van der Waals surface area contributed by atoms with Gasteiger partial charge in [-0.1, -0.05) is 12.1 Å². The van der Waals surface area contributed by atoms with Crippen LogP contribution in [0, 0.1) is 6.92 Å². The highest BCUT2D eigenvalue weighted by Gasteiger charge is 2.30. The number of nitrogens with two attached hydrogens (primary N) is 1. The minimum Gasteiger partial charge on any atom is -0.398 e. The Balaban J connectivity index is 2.16. The predicted octanol–water partition coefficient (Wildman–Crippen LogP) is 1.90. The Morgan fingerprint density at radius 3 is 2.88 bits per heavy atom. The summed E-state index contributed by atoms with van der Waals surface area (Å²) in [5, 5.41) is 0.0362. The molecule has 0 aliphatic carbocycles. The highest BCUT2D eigenvalue weighted by molar-refractivity contribution is 8.00. The van der Waals surface area contributed by atoms with E-state index in [1.165, 1.54) is 0 Å². The number of hydrogen-bond acceptors (Lipinski definition) is 3. The van der Waals surface area contributed by atoms with Crippen LogP contribution in [0.3, 0.4) is 0 Å². The van der Waals surface area contributed by atoms with Crippen LogP contribution in [0.2, 0.25) is 0 Å². The number of para-hydroxylation sites is 1. The van der Waals surface area contributed by atoms with Gasteiger partial charge in [0.15, 0.2) is 0 Å². The minimum atomic E-state index is 0.0362. The Labute approximate surface area is 100.0 Å². The molecule has 2 rings (SSSR count). The molecule has 1 unspecified atom stereocenters. The van der Waals surface area contributed by atoms with Crippen molar-refractivity contribution in [3.63, 3.8) is 0 Å². The first kappa shape index (κ1) is 11.3. The lowest BCUT2D eigenvalue weighted by Crippen LogP contribution is -2.23. The van der Waals surface area contributed by atoms with Crippen LogP contribution >= 0.6 is 11.8 Å². The van der Waals surface area contributed by atoms with Crippen molar-refractivity contribution in [2.45, 2.75) is 23.5 Å². The number of nitrogen functional groups attached to an aromatic ring is 1. The number of carbonyl (C=O) groups excluding carboxylic acids is 1. The summed E-state index contributed by atoms with van der Waals surface area (Å²) in [5.74, 6) is 0.214. The number of benzene rings is 1. The van der Waals surface area contributed by atoms with Crippen LogP contribution in [-0.2, 0) is 4.79 Å². The van der Waals surface area contributed by atoms with Crippen LogP contribution in [0.4, 0.5) is 5.69 Å². The van der Waals surface area contributed by atoms with Crippen molar-refractivity contribution < 1.29 is 4.79 Å². The Kier molecular flexibility index (Phi) is 3.10. The molecule has 1 aromatic rings. The third-order valence-corrected chi connectivity index (χ3v) is 4.26. The second-order valence-electron chi connectivity index (χ2n) is 4.14. The molecule has 1 saturated heterocycles. The van der Waals surface area contributed by atoms with E-state index in [1.807, 2.05) is 32.2 Å². The van der Waals surface area contributed by atoms with Gasteiger partial charge in [-0.3, -0.25) is 4.79 Å². The normalized spacial score (nSPS) is 20.5. The molecule has 1 amide bonds. The molecule has 0 saturated carbocycles. The van der Waals surface area contributed by atoms with E-state index in [2.05, 4.69) is 0 Å². The lowest BCUT2D eigenvalue weighted by Gasteiger charge is -2.12. The van der Waals surface area contributed by atoms with Gasteiger partial charge >= 0.3 is 0 Å². The Morgan fingerprint density at radius 1 is 1.50 bits per heavy atom. The van der Waals surface area contributed by atoms with Crippen molar-refractivity contribution in [2.75, 3.05) is 19.3 Å². The van der Waals surface area contributed by atoms with Crippen molar-refractivity contribution in [1.29, 1.82) is 0 Å². The molecular formula is C12H16N2OS. The minimum absolute atomic E-state index is 0.0362. The highest BCUT2D eigenvalue weighted by atomic mass is 32.2. The molecule has 1 atom stereocenters. The van der Waals surface area contributed by atoms with Crippen molar-refractivity contribution >= 4 is 23.4 Å². The van der Waals surface area contributed by atoms with Crippen LogP contribution in [-0.4, -0.2) is 29.6 Å². The molecule has 1 aliphatic heterocycles. The standard InChI is InChI=1S/C12H16N2OS/c1-8-4-3-5-9(11(8)13)16-10-6-7-14(2)12(10)15/h3-5,10H,6-7,13H2,1-2H3. The number of amides is 1. The summed E-state index contributed by atoms with van der Waals surface area (Å²) in [7, 11) is 1.85. The Hall–Kier alpha value is -1.16. The van der Waals surface area contributed by atoms with Gasteiger partial charge in [-0.25, -0.2) is 0 Å². The van der Waals surface area contributed by atoms with Gasteiger partial charge in [-0.05, 0) is 25.0 Å². The molecular weight excluding hydrogens is 220 g/mol. The second-order valence-corrected chi connectivity index (χ2v) is 5.39. The average molecular weight is 236 g/mol. The fourth-order valence-corrected chi connectivity index (χ4v) is 3.07. The molecule has 0 bridgehead atoms. The third kappa shape index (κ3) is 2.02. The van der Waals surface area contributed by atoms with Gasteiger partial charge in [0.05, 0.1) is 5.25 Å². The summed E-state index contributed by atoms with van der Waals surface area (Å²) in [5.41, 5.74) is 7.87. The maximum atomic E-state index is 11.8. The maximum Gasteiger partial charge on any atom is 0.235 e. The maximum absolute atomic E-state index is 11.8. The second kappa shape index (κ2) is 4.37. The van der Waals surface area contributed by atoms with Crippen LogP contribution < -0.4 is 5.73 Å². The summed E-state index contributed by atoms with van der Waals surface area (Å²) in [6.07, 6.45) is 0.910. The molecule has 86 valence electrons. The van der Waals surface area contributed by atoms with Crippen LogP contribution in [0.15, 0.2) is 23.1 Å². The number of anilines is 1. The average Bonchev–Trinajstić information content (AvgIpc) is 2.57. The van der Waals surface area contributed by atoms with E-state index in [9.17, 15) is 4.79 Å². The van der Waals surface area contributed by atoms with E-state index in [4.69, 9.17) is 5.73 Å². The van der Waals surface area contributed by atoms with Crippen molar-refractivity contribution in [2.24, 2.45) is 0 Å². The number of carbonyl (C=O) groups is 1. The van der Waals surface area contributed by atoms with Crippen molar-refractivity contribution in [3.05, 3.63) is 23.8 Å². The monoisotopic (exact) mass is 236 g/mol. The van der Waals surface area contributed by atoms with Gasteiger partial charge in [-0.2, -0.15) is 0 Å². The summed E-state index contributed by atoms with van der Waals surface area (Å²) in [4.78, 5) is 14.6. The number of likely N-dealkylation sites (tertiary alicyclic amines) is 1. The van der Waals surface area contributed by atoms with Gasteiger partial charge < -0.3 is 10.6 Å². The van der Waals surface area contributed by atoms with E-state index in [0.717, 1.165) is 29.1 Å². The molecule has 1 aliphatic rings. The molecule has 4 heteroatoms. The van der Waals surface area contributed by atoms with E-state index >= 15 is 0 Å². The molecule has 0 radical (unpaired) electrons. The van der Waals surface area contributed by atoms with Gasteiger partial charge in [0, 0.05) is 24.2 Å². The molecule has 0 spiro atoms. The van der Waals surface area contributed by atoms with E-state index in [0.29, 0.717) is 0 Å². The zero-order valence-electron chi connectivity index (χ0n) is 9.56. The highest BCUT2D eigenvalue weighted by Crippen LogP contribution is 2.34. The third-order valence-electron chi connectivity index (χ3n) is 2.93. The SMILES string of the molecule is Cc1cccc(SC2CCN(C)C2=O)c1N. The first-order chi connectivity index (χ1) is 7.59. The molecule has 0 aromatic heterocycles. The predicted molar refractivity (Wildman–Crippen MR) is 67.5 cm³/mol. The molecule has 1 aromatic carbocycles. The first-order valence-electron chi connectivity index (χ1n) is 5.36. The molecule has 3 nitrogen and oxygen atoms in total. The van der Waals surface area contributed by atoms with E-state index in [-0.39, 0.29) is 11.2 Å². The summed E-state index contributed by atoms with van der Waals surface area (Å²) in [6, 6.07) is 5.96.